The van der Waals surface area contributed by atoms with E-state index in [0.717, 1.165) is 77.0 Å². The van der Waals surface area contributed by atoms with E-state index >= 15 is 0 Å². The second kappa shape index (κ2) is 9.58. The topological polar surface area (TPSA) is 68.5 Å². The van der Waals surface area contributed by atoms with Crippen LogP contribution in [0.4, 0.5) is 0 Å². The second-order valence-electron chi connectivity index (χ2n) is 8.89. The fourth-order valence-corrected chi connectivity index (χ4v) is 5.07. The maximum Gasteiger partial charge on any atom is 0.251 e. The van der Waals surface area contributed by atoms with E-state index in [-0.39, 0.29) is 5.91 Å². The van der Waals surface area contributed by atoms with E-state index in [0.29, 0.717) is 11.6 Å². The van der Waals surface area contributed by atoms with Crippen LogP contribution in [-0.2, 0) is 4.74 Å². The van der Waals surface area contributed by atoms with Crippen LogP contribution in [0.15, 0.2) is 83.9 Å². The number of carbonyl (C=O) groups is 1. The number of hydrogen-bond donors (Lipinski definition) is 1. The normalized spacial score (nSPS) is 16.5. The average molecular weight is 483 g/mol. The number of carbonyl (C=O) groups excluding carboxylic acids is 1. The molecule has 4 aromatic rings. The van der Waals surface area contributed by atoms with Gasteiger partial charge in [-0.1, -0.05) is 54.2 Å². The van der Waals surface area contributed by atoms with Crippen LogP contribution in [0.2, 0.25) is 0 Å². The predicted octanol–water partition coefficient (Wildman–Crippen LogP) is 5.74. The van der Waals surface area contributed by atoms with Crippen molar-refractivity contribution in [2.45, 2.75) is 36.8 Å². The first-order valence-corrected chi connectivity index (χ1v) is 13.0. The third-order valence-corrected chi connectivity index (χ3v) is 7.15. The molecule has 176 valence electrons. The molecule has 0 radical (unpaired) electrons. The fourth-order valence-electron chi connectivity index (χ4n) is 4.20. The summed E-state index contributed by atoms with van der Waals surface area (Å²) in [5, 5.41) is 3.93. The van der Waals surface area contributed by atoms with Gasteiger partial charge in [-0.15, -0.1) is 0 Å². The lowest BCUT2D eigenvalue weighted by molar-refractivity contribution is 0.0951. The van der Waals surface area contributed by atoms with Gasteiger partial charge < -0.3 is 10.1 Å². The molecule has 1 aliphatic carbocycles. The van der Waals surface area contributed by atoms with Crippen molar-refractivity contribution in [1.82, 2.24) is 19.7 Å². The van der Waals surface area contributed by atoms with Crippen LogP contribution in [-0.4, -0.2) is 38.7 Å². The Kier molecular flexibility index (Phi) is 6.00. The van der Waals surface area contributed by atoms with Gasteiger partial charge in [0.25, 0.3) is 5.91 Å². The molecule has 2 aliphatic rings. The Bertz CT molecular complexity index is 1380. The molecule has 0 spiro atoms. The number of nitrogens with zero attached hydrogens (tertiary/aromatic N) is 3. The number of ether oxygens (including phenoxy) is 1. The van der Waals surface area contributed by atoms with E-state index in [1.54, 1.807) is 11.8 Å². The molecule has 1 amide bonds. The number of fused-ring (bicyclic) bond motifs is 1. The van der Waals surface area contributed by atoms with Crippen LogP contribution in [0.5, 0.6) is 0 Å². The molecule has 0 bridgehead atoms. The number of benzene rings is 2. The molecule has 3 heterocycles. The summed E-state index contributed by atoms with van der Waals surface area (Å²) in [7, 11) is 0. The third kappa shape index (κ3) is 4.82. The van der Waals surface area contributed by atoms with Crippen molar-refractivity contribution in [1.29, 1.82) is 0 Å². The highest BCUT2D eigenvalue weighted by molar-refractivity contribution is 7.99. The molecule has 0 unspecified atom stereocenters. The van der Waals surface area contributed by atoms with Crippen LogP contribution in [0.25, 0.3) is 28.2 Å². The van der Waals surface area contributed by atoms with E-state index < -0.39 is 0 Å². The summed E-state index contributed by atoms with van der Waals surface area (Å²) < 4.78 is 7.77. The highest BCUT2D eigenvalue weighted by Gasteiger charge is 2.23. The Morgan fingerprint density at radius 3 is 2.69 bits per heavy atom. The number of nitrogens with one attached hydrogen (secondary N) is 1. The molecule has 2 aromatic heterocycles. The van der Waals surface area contributed by atoms with Crippen LogP contribution >= 0.6 is 11.8 Å². The van der Waals surface area contributed by atoms with Gasteiger partial charge in [0.1, 0.15) is 5.03 Å². The van der Waals surface area contributed by atoms with Crippen molar-refractivity contribution in [3.05, 3.63) is 84.4 Å². The molecule has 2 aromatic carbocycles. The first-order chi connectivity index (χ1) is 17.2. The Hall–Kier alpha value is -3.58. The van der Waals surface area contributed by atoms with Gasteiger partial charge >= 0.3 is 0 Å². The minimum absolute atomic E-state index is 0.00759. The van der Waals surface area contributed by atoms with E-state index in [2.05, 4.69) is 27.9 Å². The van der Waals surface area contributed by atoms with E-state index in [4.69, 9.17) is 14.7 Å². The number of allylic oxidation sites excluding steroid dienone is 1. The molecular formula is C28H26N4O2S. The standard InChI is InChI=1S/C28H26N4O2S/c33-27(30-22-12-13-22)21-10-8-20(9-11-21)25-17-29-26-28(35-16-14-23-7-4-15-34-23)31-24(18-32(25)26)19-5-2-1-3-6-19/h1-3,5-6,8-11,14,17-18,22H,4,7,12-13,15-16H2,(H,30,33). The molecule has 1 N–H and O–H groups in total. The smallest absolute Gasteiger partial charge is 0.251 e. The van der Waals surface area contributed by atoms with E-state index in [9.17, 15) is 4.79 Å². The molecular weight excluding hydrogens is 456 g/mol. The molecule has 1 saturated carbocycles. The number of amides is 1. The highest BCUT2D eigenvalue weighted by atomic mass is 32.2. The number of thioether (sulfide) groups is 1. The maximum absolute atomic E-state index is 12.4. The van der Waals surface area contributed by atoms with Gasteiger partial charge in [0.15, 0.2) is 5.65 Å². The molecule has 6 rings (SSSR count). The van der Waals surface area contributed by atoms with Gasteiger partial charge in [0.05, 0.1) is 30.0 Å². The van der Waals surface area contributed by atoms with Crippen LogP contribution in [0.1, 0.15) is 36.0 Å². The zero-order valence-corrected chi connectivity index (χ0v) is 20.1. The van der Waals surface area contributed by atoms with Crippen molar-refractivity contribution in [2.24, 2.45) is 0 Å². The first-order valence-electron chi connectivity index (χ1n) is 12.0. The van der Waals surface area contributed by atoms with Crippen LogP contribution < -0.4 is 5.32 Å². The maximum atomic E-state index is 12.4. The minimum Gasteiger partial charge on any atom is -0.498 e. The highest BCUT2D eigenvalue weighted by Crippen LogP contribution is 2.31. The number of hydrogen-bond acceptors (Lipinski definition) is 5. The molecule has 35 heavy (non-hydrogen) atoms. The lowest BCUT2D eigenvalue weighted by Crippen LogP contribution is -2.25. The molecule has 0 atom stereocenters. The van der Waals surface area contributed by atoms with E-state index in [1.807, 2.05) is 54.9 Å². The summed E-state index contributed by atoms with van der Waals surface area (Å²) >= 11 is 1.67. The fraction of sp³-hybridized carbons (Fsp3) is 0.250. The number of imidazole rings is 1. The zero-order chi connectivity index (χ0) is 23.6. The zero-order valence-electron chi connectivity index (χ0n) is 19.3. The Morgan fingerprint density at radius 1 is 1.11 bits per heavy atom. The molecule has 7 heteroatoms. The second-order valence-corrected chi connectivity index (χ2v) is 9.90. The Balaban J connectivity index is 1.35. The van der Waals surface area contributed by atoms with Crippen molar-refractivity contribution >= 4 is 23.3 Å². The van der Waals surface area contributed by atoms with Gasteiger partial charge in [-0.25, -0.2) is 9.97 Å². The Morgan fingerprint density at radius 2 is 1.94 bits per heavy atom. The predicted molar refractivity (Wildman–Crippen MR) is 138 cm³/mol. The molecule has 1 saturated heterocycles. The monoisotopic (exact) mass is 482 g/mol. The van der Waals surface area contributed by atoms with Gasteiger partial charge in [0, 0.05) is 41.1 Å². The van der Waals surface area contributed by atoms with Gasteiger partial charge in [-0.05, 0) is 37.5 Å². The molecule has 6 nitrogen and oxygen atoms in total. The number of aromatic nitrogens is 3. The largest absolute Gasteiger partial charge is 0.498 e. The first kappa shape index (κ1) is 21.9. The lowest BCUT2D eigenvalue weighted by atomic mass is 10.1. The summed E-state index contributed by atoms with van der Waals surface area (Å²) in [5.41, 5.74) is 5.42. The van der Waals surface area contributed by atoms with Crippen molar-refractivity contribution in [2.75, 3.05) is 12.4 Å². The molecule has 2 fully saturated rings. The number of rotatable bonds is 7. The lowest BCUT2D eigenvalue weighted by Gasteiger charge is -2.10. The summed E-state index contributed by atoms with van der Waals surface area (Å²) in [4.78, 5) is 22.1. The quantitative estimate of drug-likeness (QED) is 0.340. The van der Waals surface area contributed by atoms with Crippen molar-refractivity contribution in [3.63, 3.8) is 0 Å². The SMILES string of the molecule is O=C(NC1CC1)c1ccc(-c2cnc3c(SCC=C4CCCO4)nc(-c4ccccc4)cn23)cc1. The Labute approximate surface area is 208 Å². The van der Waals surface area contributed by atoms with Crippen molar-refractivity contribution in [3.8, 4) is 22.5 Å². The van der Waals surface area contributed by atoms with E-state index in [1.165, 1.54) is 0 Å². The molecule has 1 aliphatic heterocycles. The summed E-state index contributed by atoms with van der Waals surface area (Å²) in [6.45, 7) is 0.813. The van der Waals surface area contributed by atoms with Gasteiger partial charge in [-0.2, -0.15) is 0 Å². The average Bonchev–Trinajstić information content (AvgIpc) is 3.37. The van der Waals surface area contributed by atoms with Gasteiger partial charge in [0.2, 0.25) is 0 Å². The summed E-state index contributed by atoms with van der Waals surface area (Å²) in [6.07, 6.45) is 10.3. The summed E-state index contributed by atoms with van der Waals surface area (Å²) in [5.74, 6) is 1.85. The van der Waals surface area contributed by atoms with Crippen molar-refractivity contribution < 1.29 is 9.53 Å². The van der Waals surface area contributed by atoms with Crippen LogP contribution in [0, 0.1) is 0 Å². The minimum atomic E-state index is -0.00759. The van der Waals surface area contributed by atoms with Crippen LogP contribution in [0.3, 0.4) is 0 Å². The third-order valence-electron chi connectivity index (χ3n) is 6.27. The summed E-state index contributed by atoms with van der Waals surface area (Å²) in [6, 6.07) is 18.3. The van der Waals surface area contributed by atoms with Gasteiger partial charge in [-0.3, -0.25) is 9.20 Å².